The van der Waals surface area contributed by atoms with Crippen LogP contribution in [0.4, 0.5) is 5.82 Å². The second kappa shape index (κ2) is 4.94. The molecule has 0 fully saturated rings. The zero-order chi connectivity index (χ0) is 13.1. The molecule has 0 saturated carbocycles. The summed E-state index contributed by atoms with van der Waals surface area (Å²) in [5.41, 5.74) is 0. The van der Waals surface area contributed by atoms with E-state index in [4.69, 9.17) is 4.74 Å². The average molecular weight is 251 g/mol. The third-order valence-electron chi connectivity index (χ3n) is 2.86. The van der Waals surface area contributed by atoms with Gasteiger partial charge in [0.05, 0.1) is 0 Å². The molecule has 1 N–H and O–H groups in total. The van der Waals surface area contributed by atoms with Crippen LogP contribution < -0.4 is 10.1 Å². The largest absolute Gasteiger partial charge is 0.435 e. The third kappa shape index (κ3) is 2.20. The number of hydrogen-bond acceptors (Lipinski definition) is 4. The summed E-state index contributed by atoms with van der Waals surface area (Å²) in [5, 5.41) is 5.15. The van der Waals surface area contributed by atoms with Gasteiger partial charge in [0.2, 0.25) is 0 Å². The maximum absolute atomic E-state index is 5.88. The molecule has 3 aromatic rings. The number of aromatic nitrogens is 2. The van der Waals surface area contributed by atoms with Crippen LogP contribution in [-0.4, -0.2) is 17.0 Å². The Labute approximate surface area is 111 Å². The molecule has 0 radical (unpaired) electrons. The van der Waals surface area contributed by atoms with Crippen LogP contribution in [0.15, 0.2) is 54.9 Å². The summed E-state index contributed by atoms with van der Waals surface area (Å²) >= 11 is 0. The van der Waals surface area contributed by atoms with Crippen molar-refractivity contribution in [1.29, 1.82) is 0 Å². The lowest BCUT2D eigenvalue weighted by Crippen LogP contribution is -1.98. The lowest BCUT2D eigenvalue weighted by atomic mass is 10.1. The first-order valence-electron chi connectivity index (χ1n) is 6.03. The summed E-state index contributed by atoms with van der Waals surface area (Å²) in [6.07, 6.45) is 3.24. The van der Waals surface area contributed by atoms with Crippen LogP contribution in [0.5, 0.6) is 11.6 Å². The molecule has 0 aliphatic carbocycles. The molecule has 0 saturated heterocycles. The SMILES string of the molecule is CNc1nccnc1Oc1cccc2ccccc12. The number of fused-ring (bicyclic) bond motifs is 1. The van der Waals surface area contributed by atoms with Gasteiger partial charge in [-0.3, -0.25) is 0 Å². The molecule has 1 heterocycles. The van der Waals surface area contributed by atoms with E-state index >= 15 is 0 Å². The molecule has 0 atom stereocenters. The minimum absolute atomic E-state index is 0.473. The van der Waals surface area contributed by atoms with E-state index in [2.05, 4.69) is 27.4 Å². The highest BCUT2D eigenvalue weighted by Gasteiger charge is 2.08. The van der Waals surface area contributed by atoms with Crippen molar-refractivity contribution in [3.05, 3.63) is 54.9 Å². The van der Waals surface area contributed by atoms with Crippen molar-refractivity contribution < 1.29 is 4.74 Å². The van der Waals surface area contributed by atoms with Gasteiger partial charge in [0.25, 0.3) is 5.88 Å². The third-order valence-corrected chi connectivity index (χ3v) is 2.86. The number of nitrogens with one attached hydrogen (secondary N) is 1. The van der Waals surface area contributed by atoms with Crippen molar-refractivity contribution in [2.45, 2.75) is 0 Å². The highest BCUT2D eigenvalue weighted by molar-refractivity contribution is 5.88. The van der Waals surface area contributed by atoms with Crippen LogP contribution in [-0.2, 0) is 0 Å². The summed E-state index contributed by atoms with van der Waals surface area (Å²) in [6, 6.07) is 14.0. The Morgan fingerprint density at radius 2 is 1.74 bits per heavy atom. The van der Waals surface area contributed by atoms with Crippen LogP contribution >= 0.6 is 0 Å². The number of benzene rings is 2. The lowest BCUT2D eigenvalue weighted by molar-refractivity contribution is 0.468. The van der Waals surface area contributed by atoms with Gasteiger partial charge < -0.3 is 10.1 Å². The number of ether oxygens (including phenoxy) is 1. The molecule has 4 nitrogen and oxygen atoms in total. The van der Waals surface area contributed by atoms with Crippen LogP contribution in [0.25, 0.3) is 10.8 Å². The average Bonchev–Trinajstić information content (AvgIpc) is 2.48. The van der Waals surface area contributed by atoms with E-state index in [1.807, 2.05) is 30.3 Å². The Hall–Kier alpha value is -2.62. The van der Waals surface area contributed by atoms with Gasteiger partial charge in [-0.05, 0) is 11.5 Å². The standard InChI is InChI=1S/C15H13N3O/c1-16-14-15(18-10-9-17-14)19-13-8-4-6-11-5-2-3-7-12(11)13/h2-10H,1H3,(H,16,17). The lowest BCUT2D eigenvalue weighted by Gasteiger charge is -2.10. The molecule has 0 aliphatic rings. The van der Waals surface area contributed by atoms with E-state index < -0.39 is 0 Å². The molecular formula is C15H13N3O. The molecule has 0 spiro atoms. The van der Waals surface area contributed by atoms with E-state index in [-0.39, 0.29) is 0 Å². The summed E-state index contributed by atoms with van der Waals surface area (Å²) in [4.78, 5) is 8.38. The van der Waals surface area contributed by atoms with Crippen molar-refractivity contribution in [2.75, 3.05) is 12.4 Å². The fraction of sp³-hybridized carbons (Fsp3) is 0.0667. The van der Waals surface area contributed by atoms with Crippen LogP contribution in [0.2, 0.25) is 0 Å². The monoisotopic (exact) mass is 251 g/mol. The van der Waals surface area contributed by atoms with Gasteiger partial charge in [0, 0.05) is 24.8 Å². The molecule has 1 aromatic heterocycles. The highest BCUT2D eigenvalue weighted by atomic mass is 16.5. The van der Waals surface area contributed by atoms with Crippen molar-refractivity contribution >= 4 is 16.6 Å². The maximum Gasteiger partial charge on any atom is 0.262 e. The summed E-state index contributed by atoms with van der Waals surface area (Å²) in [7, 11) is 1.79. The molecule has 0 bridgehead atoms. The Bertz CT molecular complexity index is 707. The first-order chi connectivity index (χ1) is 9.38. The first kappa shape index (κ1) is 11.5. The van der Waals surface area contributed by atoms with E-state index in [0.29, 0.717) is 11.7 Å². The Morgan fingerprint density at radius 3 is 2.63 bits per heavy atom. The fourth-order valence-electron chi connectivity index (χ4n) is 1.96. The maximum atomic E-state index is 5.88. The summed E-state index contributed by atoms with van der Waals surface area (Å²) in [5.74, 6) is 1.87. The van der Waals surface area contributed by atoms with Crippen molar-refractivity contribution in [1.82, 2.24) is 9.97 Å². The molecule has 0 aliphatic heterocycles. The van der Waals surface area contributed by atoms with E-state index in [9.17, 15) is 0 Å². The molecule has 2 aromatic carbocycles. The van der Waals surface area contributed by atoms with Crippen molar-refractivity contribution in [3.63, 3.8) is 0 Å². The minimum atomic E-state index is 0.473. The van der Waals surface area contributed by atoms with Gasteiger partial charge in [-0.25, -0.2) is 9.97 Å². The topological polar surface area (TPSA) is 47.0 Å². The number of nitrogens with zero attached hydrogens (tertiary/aromatic N) is 2. The van der Waals surface area contributed by atoms with Crippen molar-refractivity contribution in [2.24, 2.45) is 0 Å². The van der Waals surface area contributed by atoms with Gasteiger partial charge >= 0.3 is 0 Å². The van der Waals surface area contributed by atoms with Crippen LogP contribution in [0, 0.1) is 0 Å². The van der Waals surface area contributed by atoms with Crippen LogP contribution in [0.3, 0.4) is 0 Å². The second-order valence-electron chi connectivity index (χ2n) is 4.04. The van der Waals surface area contributed by atoms with Gasteiger partial charge in [-0.15, -0.1) is 0 Å². The Balaban J connectivity index is 2.06. The van der Waals surface area contributed by atoms with Gasteiger partial charge in [-0.1, -0.05) is 36.4 Å². The quantitative estimate of drug-likeness (QED) is 0.774. The van der Waals surface area contributed by atoms with Crippen LogP contribution in [0.1, 0.15) is 0 Å². The normalized spacial score (nSPS) is 10.4. The smallest absolute Gasteiger partial charge is 0.262 e. The molecule has 94 valence electrons. The molecule has 4 heteroatoms. The molecule has 19 heavy (non-hydrogen) atoms. The van der Waals surface area contributed by atoms with Gasteiger partial charge in [-0.2, -0.15) is 0 Å². The molecule has 0 unspecified atom stereocenters. The number of rotatable bonds is 3. The number of hydrogen-bond donors (Lipinski definition) is 1. The minimum Gasteiger partial charge on any atom is -0.435 e. The molecule has 0 amide bonds. The van der Waals surface area contributed by atoms with E-state index in [1.165, 1.54) is 0 Å². The van der Waals surface area contributed by atoms with E-state index in [0.717, 1.165) is 16.5 Å². The summed E-state index contributed by atoms with van der Waals surface area (Å²) < 4.78 is 5.88. The predicted molar refractivity (Wildman–Crippen MR) is 75.6 cm³/mol. The fourth-order valence-corrected chi connectivity index (χ4v) is 1.96. The van der Waals surface area contributed by atoms with Crippen molar-refractivity contribution in [3.8, 4) is 11.6 Å². The molecule has 3 rings (SSSR count). The highest BCUT2D eigenvalue weighted by Crippen LogP contribution is 2.31. The zero-order valence-electron chi connectivity index (χ0n) is 10.5. The van der Waals surface area contributed by atoms with E-state index in [1.54, 1.807) is 19.4 Å². The Kier molecular flexibility index (Phi) is 2.98. The number of anilines is 1. The van der Waals surface area contributed by atoms with Gasteiger partial charge in [0.15, 0.2) is 5.82 Å². The van der Waals surface area contributed by atoms with Gasteiger partial charge in [0.1, 0.15) is 5.75 Å². The Morgan fingerprint density at radius 1 is 0.947 bits per heavy atom. The summed E-state index contributed by atoms with van der Waals surface area (Å²) in [6.45, 7) is 0. The predicted octanol–water partition coefficient (Wildman–Crippen LogP) is 3.46. The molecular weight excluding hydrogens is 238 g/mol. The first-order valence-corrected chi connectivity index (χ1v) is 6.03. The second-order valence-corrected chi connectivity index (χ2v) is 4.04. The zero-order valence-corrected chi connectivity index (χ0v) is 10.5.